The summed E-state index contributed by atoms with van der Waals surface area (Å²) in [5.41, 5.74) is 3.14. The summed E-state index contributed by atoms with van der Waals surface area (Å²) in [7, 11) is 1.75. The molecule has 2 N–H and O–H groups in total. The number of carboxylic acids is 1. The lowest BCUT2D eigenvalue weighted by Gasteiger charge is -2.21. The van der Waals surface area contributed by atoms with Crippen LogP contribution in [0.5, 0.6) is 0 Å². The van der Waals surface area contributed by atoms with Crippen LogP contribution in [0, 0.1) is 0 Å². The first kappa shape index (κ1) is 19.2. The molecule has 1 aromatic rings. The molecule has 0 fully saturated rings. The number of likely N-dealkylation sites (N-methyl/N-ethyl adjacent to an activating group) is 1. The average Bonchev–Trinajstić information content (AvgIpc) is 2.44. The van der Waals surface area contributed by atoms with Gasteiger partial charge in [0.1, 0.15) is 0 Å². The van der Waals surface area contributed by atoms with Gasteiger partial charge in [0.2, 0.25) is 5.91 Å². The molecule has 1 aromatic carbocycles. The van der Waals surface area contributed by atoms with E-state index in [4.69, 9.17) is 5.11 Å². The quantitative estimate of drug-likeness (QED) is 0.771. The van der Waals surface area contributed by atoms with Gasteiger partial charge in [-0.05, 0) is 30.0 Å². The van der Waals surface area contributed by atoms with Crippen molar-refractivity contribution in [1.82, 2.24) is 4.90 Å². The molecule has 0 aliphatic rings. The Morgan fingerprint density at radius 1 is 1.13 bits per heavy atom. The van der Waals surface area contributed by atoms with E-state index >= 15 is 0 Å². The van der Waals surface area contributed by atoms with E-state index in [0.717, 1.165) is 16.8 Å². The van der Waals surface area contributed by atoms with E-state index in [0.29, 0.717) is 18.4 Å². The average molecular weight is 320 g/mol. The smallest absolute Gasteiger partial charge is 0.304 e. The van der Waals surface area contributed by atoms with Crippen molar-refractivity contribution < 1.29 is 14.7 Å². The van der Waals surface area contributed by atoms with Gasteiger partial charge in [0.15, 0.2) is 0 Å². The van der Waals surface area contributed by atoms with Crippen LogP contribution in [0.3, 0.4) is 0 Å². The molecule has 1 amide bonds. The maximum Gasteiger partial charge on any atom is 0.304 e. The minimum absolute atomic E-state index is 0.0314. The maximum atomic E-state index is 12.3. The number of anilines is 1. The van der Waals surface area contributed by atoms with E-state index in [9.17, 15) is 9.59 Å². The van der Waals surface area contributed by atoms with Gasteiger partial charge in [0.25, 0.3) is 0 Å². The number of carbonyl (C=O) groups is 2. The molecular weight excluding hydrogens is 292 g/mol. The molecule has 0 unspecified atom stereocenters. The number of nitrogens with one attached hydrogen (secondary N) is 1. The largest absolute Gasteiger partial charge is 0.481 e. The summed E-state index contributed by atoms with van der Waals surface area (Å²) in [4.78, 5) is 24.6. The zero-order valence-electron chi connectivity index (χ0n) is 14.7. The molecule has 23 heavy (non-hydrogen) atoms. The van der Waals surface area contributed by atoms with E-state index in [1.54, 1.807) is 11.9 Å². The second-order valence-electron chi connectivity index (χ2n) is 6.55. The molecule has 0 heterocycles. The number of carbonyl (C=O) groups excluding carboxylic acids is 1. The maximum absolute atomic E-state index is 12.3. The predicted molar refractivity (Wildman–Crippen MR) is 93.0 cm³/mol. The van der Waals surface area contributed by atoms with Crippen molar-refractivity contribution in [1.29, 1.82) is 0 Å². The van der Waals surface area contributed by atoms with Gasteiger partial charge in [-0.25, -0.2) is 0 Å². The van der Waals surface area contributed by atoms with Crippen LogP contribution in [0.4, 0.5) is 5.69 Å². The molecule has 0 atom stereocenters. The van der Waals surface area contributed by atoms with E-state index in [1.807, 2.05) is 18.2 Å². The minimum Gasteiger partial charge on any atom is -0.481 e. The number of rotatable bonds is 8. The van der Waals surface area contributed by atoms with Gasteiger partial charge in [-0.1, -0.05) is 45.9 Å². The lowest BCUT2D eigenvalue weighted by atomic mass is 9.92. The summed E-state index contributed by atoms with van der Waals surface area (Å²) in [6.45, 7) is 8.95. The molecule has 0 saturated heterocycles. The molecule has 128 valence electrons. The number of aliphatic carboxylic acids is 1. The van der Waals surface area contributed by atoms with Crippen molar-refractivity contribution in [2.24, 2.45) is 0 Å². The van der Waals surface area contributed by atoms with Gasteiger partial charge >= 0.3 is 5.97 Å². The fourth-order valence-corrected chi connectivity index (χ4v) is 2.49. The van der Waals surface area contributed by atoms with Gasteiger partial charge in [0.05, 0.1) is 13.0 Å². The topological polar surface area (TPSA) is 69.6 Å². The highest BCUT2D eigenvalue weighted by Gasteiger charge is 2.16. The predicted octanol–water partition coefficient (Wildman–Crippen LogP) is 3.28. The first-order valence-electron chi connectivity index (χ1n) is 8.05. The van der Waals surface area contributed by atoms with Gasteiger partial charge in [0, 0.05) is 12.2 Å². The standard InChI is InChI=1S/C18H28N2O3/c1-12(2)14-7-6-8-15(13(3)4)18(14)19-16(21)11-20(5)10-9-17(22)23/h6-8,12-13H,9-11H2,1-5H3,(H,19,21)(H,22,23). The van der Waals surface area contributed by atoms with Crippen molar-refractivity contribution in [3.05, 3.63) is 29.3 Å². The third-order valence-electron chi connectivity index (χ3n) is 3.76. The Kier molecular flexibility index (Phi) is 7.23. The van der Waals surface area contributed by atoms with Crippen molar-refractivity contribution in [3.63, 3.8) is 0 Å². The van der Waals surface area contributed by atoms with Crippen molar-refractivity contribution in [2.75, 3.05) is 25.5 Å². The van der Waals surface area contributed by atoms with Gasteiger partial charge in [-0.2, -0.15) is 0 Å². The first-order chi connectivity index (χ1) is 10.7. The van der Waals surface area contributed by atoms with Crippen LogP contribution in [-0.4, -0.2) is 42.0 Å². The van der Waals surface area contributed by atoms with Crippen molar-refractivity contribution in [2.45, 2.75) is 46.0 Å². The molecule has 0 aliphatic carbocycles. The van der Waals surface area contributed by atoms with Crippen molar-refractivity contribution in [3.8, 4) is 0 Å². The van der Waals surface area contributed by atoms with Crippen LogP contribution < -0.4 is 5.32 Å². The van der Waals surface area contributed by atoms with E-state index in [-0.39, 0.29) is 18.9 Å². The zero-order chi connectivity index (χ0) is 17.6. The molecule has 0 aliphatic heterocycles. The Bertz CT molecular complexity index is 527. The molecule has 0 bridgehead atoms. The number of carboxylic acid groups (broad SMARTS) is 1. The molecule has 0 aromatic heterocycles. The second kappa shape index (κ2) is 8.67. The fraction of sp³-hybridized carbons (Fsp3) is 0.556. The lowest BCUT2D eigenvalue weighted by Crippen LogP contribution is -2.32. The summed E-state index contributed by atoms with van der Waals surface area (Å²) in [6.07, 6.45) is 0.0314. The SMILES string of the molecule is CC(C)c1cccc(C(C)C)c1NC(=O)CN(C)CCC(=O)O. The highest BCUT2D eigenvalue weighted by molar-refractivity contribution is 5.94. The van der Waals surface area contributed by atoms with Crippen LogP contribution in [0.1, 0.15) is 57.1 Å². The van der Waals surface area contributed by atoms with Crippen LogP contribution in [0.15, 0.2) is 18.2 Å². The van der Waals surface area contributed by atoms with Gasteiger partial charge in [-0.15, -0.1) is 0 Å². The fourth-order valence-electron chi connectivity index (χ4n) is 2.49. The number of hydrogen-bond donors (Lipinski definition) is 2. The normalized spacial score (nSPS) is 11.3. The van der Waals surface area contributed by atoms with E-state index in [2.05, 4.69) is 33.0 Å². The van der Waals surface area contributed by atoms with Crippen LogP contribution in [0.2, 0.25) is 0 Å². The molecular formula is C18H28N2O3. The third kappa shape index (κ3) is 6.02. The number of hydrogen-bond acceptors (Lipinski definition) is 3. The Balaban J connectivity index is 2.86. The number of nitrogens with zero attached hydrogens (tertiary/aromatic N) is 1. The summed E-state index contributed by atoms with van der Waals surface area (Å²) in [5, 5.41) is 11.7. The molecule has 5 heteroatoms. The summed E-state index contributed by atoms with van der Waals surface area (Å²) in [5.74, 6) is -0.347. The summed E-state index contributed by atoms with van der Waals surface area (Å²) in [6, 6.07) is 6.11. The lowest BCUT2D eigenvalue weighted by molar-refractivity contribution is -0.137. The van der Waals surface area contributed by atoms with Crippen LogP contribution in [0.25, 0.3) is 0 Å². The number of amides is 1. The van der Waals surface area contributed by atoms with Crippen molar-refractivity contribution >= 4 is 17.6 Å². The Labute approximate surface area is 138 Å². The van der Waals surface area contributed by atoms with Gasteiger partial charge in [-0.3, -0.25) is 14.5 Å². The molecule has 1 rings (SSSR count). The second-order valence-corrected chi connectivity index (χ2v) is 6.55. The van der Waals surface area contributed by atoms with Gasteiger partial charge < -0.3 is 10.4 Å². The van der Waals surface area contributed by atoms with Crippen LogP contribution >= 0.6 is 0 Å². The summed E-state index contributed by atoms with van der Waals surface area (Å²) < 4.78 is 0. The Hall–Kier alpha value is -1.88. The highest BCUT2D eigenvalue weighted by atomic mass is 16.4. The number of benzene rings is 1. The first-order valence-corrected chi connectivity index (χ1v) is 8.05. The summed E-state index contributed by atoms with van der Waals surface area (Å²) >= 11 is 0. The number of para-hydroxylation sites is 1. The minimum atomic E-state index is -0.857. The van der Waals surface area contributed by atoms with Crippen LogP contribution in [-0.2, 0) is 9.59 Å². The van der Waals surface area contributed by atoms with E-state index in [1.165, 1.54) is 0 Å². The highest BCUT2D eigenvalue weighted by Crippen LogP contribution is 2.32. The Morgan fingerprint density at radius 2 is 1.65 bits per heavy atom. The Morgan fingerprint density at radius 3 is 2.09 bits per heavy atom. The molecule has 0 saturated carbocycles. The van der Waals surface area contributed by atoms with E-state index < -0.39 is 5.97 Å². The zero-order valence-corrected chi connectivity index (χ0v) is 14.7. The monoisotopic (exact) mass is 320 g/mol. The molecule has 0 spiro atoms. The third-order valence-corrected chi connectivity index (χ3v) is 3.76. The molecule has 5 nitrogen and oxygen atoms in total. The molecule has 0 radical (unpaired) electrons.